The summed E-state index contributed by atoms with van der Waals surface area (Å²) in [6.07, 6.45) is 3.06. The highest BCUT2D eigenvalue weighted by molar-refractivity contribution is 6.02. The summed E-state index contributed by atoms with van der Waals surface area (Å²) in [5.41, 5.74) is 15.0. The van der Waals surface area contributed by atoms with Gasteiger partial charge in [-0.25, -0.2) is 14.2 Å². The Hall–Kier alpha value is -4.31. The van der Waals surface area contributed by atoms with Gasteiger partial charge in [-0.05, 0) is 66.1 Å². The van der Waals surface area contributed by atoms with Gasteiger partial charge in [-0.15, -0.1) is 0 Å². The van der Waals surface area contributed by atoms with E-state index in [1.54, 1.807) is 30.6 Å². The van der Waals surface area contributed by atoms with Gasteiger partial charge in [-0.1, -0.05) is 0 Å². The van der Waals surface area contributed by atoms with E-state index >= 15 is 0 Å². The number of halogens is 1. The zero-order valence-electron chi connectivity index (χ0n) is 18.2. The highest BCUT2D eigenvalue weighted by Gasteiger charge is 2.18. The van der Waals surface area contributed by atoms with E-state index in [9.17, 15) is 14.0 Å². The van der Waals surface area contributed by atoms with Crippen molar-refractivity contribution in [2.75, 3.05) is 11.9 Å². The number of amides is 2. The molecule has 0 aliphatic heterocycles. The summed E-state index contributed by atoms with van der Waals surface area (Å²) >= 11 is 0. The van der Waals surface area contributed by atoms with Crippen LogP contribution in [0.2, 0.25) is 0 Å². The molecule has 0 fully saturated rings. The van der Waals surface area contributed by atoms with E-state index in [1.165, 1.54) is 12.1 Å². The van der Waals surface area contributed by atoms with Crippen LogP contribution in [0.15, 0.2) is 60.9 Å². The number of fused-ring (bicyclic) bond motifs is 1. The molecular formula is C24H24FN7O2. The van der Waals surface area contributed by atoms with Gasteiger partial charge >= 0.3 is 6.03 Å². The molecule has 4 aromatic rings. The standard InChI is InChI=1S/C24H24FN7O2/c25-16-5-3-15(4-6-16)21-20(14-9-12-28-13-10-14)17-7-8-19(31-23(17)32-21)30-22(26)18(33)2-1-11-29-24(27)34/h3-10,12-13,22H,1-2,11,26H2,(H3,27,29,34)(H2,30,31,32). The highest BCUT2D eigenvalue weighted by Crippen LogP contribution is 2.38. The lowest BCUT2D eigenvalue weighted by molar-refractivity contribution is -0.119. The van der Waals surface area contributed by atoms with E-state index in [0.717, 1.165) is 27.8 Å². The first-order valence-corrected chi connectivity index (χ1v) is 10.7. The van der Waals surface area contributed by atoms with E-state index in [1.807, 2.05) is 18.2 Å². The Morgan fingerprint density at radius 2 is 1.76 bits per heavy atom. The second-order valence-corrected chi connectivity index (χ2v) is 7.69. The van der Waals surface area contributed by atoms with Crippen LogP contribution in [0, 0.1) is 5.82 Å². The molecule has 7 N–H and O–H groups in total. The Balaban J connectivity index is 1.61. The van der Waals surface area contributed by atoms with Crippen LogP contribution >= 0.6 is 0 Å². The Morgan fingerprint density at radius 3 is 2.47 bits per heavy atom. The van der Waals surface area contributed by atoms with E-state index in [-0.39, 0.29) is 18.0 Å². The molecule has 3 heterocycles. The van der Waals surface area contributed by atoms with Crippen LogP contribution in [0.3, 0.4) is 0 Å². The van der Waals surface area contributed by atoms with Gasteiger partial charge in [0, 0.05) is 36.3 Å². The molecule has 0 bridgehead atoms. The van der Waals surface area contributed by atoms with Crippen molar-refractivity contribution in [3.05, 3.63) is 66.7 Å². The van der Waals surface area contributed by atoms with E-state index < -0.39 is 12.2 Å². The highest BCUT2D eigenvalue weighted by atomic mass is 19.1. The van der Waals surface area contributed by atoms with Crippen molar-refractivity contribution in [1.82, 2.24) is 20.3 Å². The number of primary amides is 1. The number of hydrogen-bond acceptors (Lipinski definition) is 6. The largest absolute Gasteiger partial charge is 0.352 e. The van der Waals surface area contributed by atoms with Gasteiger partial charge in [0.1, 0.15) is 23.4 Å². The Kier molecular flexibility index (Phi) is 6.79. The second-order valence-electron chi connectivity index (χ2n) is 7.69. The van der Waals surface area contributed by atoms with E-state index in [4.69, 9.17) is 11.5 Å². The third-order valence-electron chi connectivity index (χ3n) is 5.31. The molecule has 0 aliphatic rings. The Labute approximate surface area is 194 Å². The normalized spacial score (nSPS) is 11.8. The summed E-state index contributed by atoms with van der Waals surface area (Å²) in [6, 6.07) is 13.0. The van der Waals surface area contributed by atoms with Gasteiger partial charge in [0.2, 0.25) is 0 Å². The summed E-state index contributed by atoms with van der Waals surface area (Å²) in [4.78, 5) is 35.0. The molecule has 0 aliphatic carbocycles. The number of benzene rings is 1. The summed E-state index contributed by atoms with van der Waals surface area (Å²) in [5, 5.41) is 6.21. The fourth-order valence-electron chi connectivity index (χ4n) is 3.67. The molecule has 1 atom stereocenters. The van der Waals surface area contributed by atoms with Crippen LogP contribution in [0.1, 0.15) is 12.8 Å². The number of urea groups is 1. The molecule has 174 valence electrons. The molecule has 1 unspecified atom stereocenters. The lowest BCUT2D eigenvalue weighted by atomic mass is 10.00. The number of pyridine rings is 2. The van der Waals surface area contributed by atoms with Crippen LogP contribution in [0.25, 0.3) is 33.4 Å². The number of rotatable bonds is 9. The Morgan fingerprint density at radius 1 is 1.03 bits per heavy atom. The zero-order valence-corrected chi connectivity index (χ0v) is 18.2. The van der Waals surface area contributed by atoms with Gasteiger partial charge in [0.05, 0.1) is 5.69 Å². The van der Waals surface area contributed by atoms with Crippen molar-refractivity contribution in [3.8, 4) is 22.4 Å². The van der Waals surface area contributed by atoms with Gasteiger partial charge in [0.25, 0.3) is 0 Å². The topological polar surface area (TPSA) is 152 Å². The first-order valence-electron chi connectivity index (χ1n) is 10.7. The zero-order chi connectivity index (χ0) is 24.1. The number of ketones is 1. The molecule has 2 amide bonds. The number of aromatic nitrogens is 3. The quantitative estimate of drug-likeness (QED) is 0.191. The number of Topliss-reactive ketones (excluding diaryl/α,β-unsaturated/α-hetero) is 1. The van der Waals surface area contributed by atoms with Crippen molar-refractivity contribution in [2.45, 2.75) is 19.0 Å². The van der Waals surface area contributed by atoms with Crippen LogP contribution in [0.4, 0.5) is 15.0 Å². The number of carbonyl (C=O) groups excluding carboxylic acids is 2. The fraction of sp³-hybridized carbons (Fsp3) is 0.167. The number of nitrogens with two attached hydrogens (primary N) is 2. The fourth-order valence-corrected chi connectivity index (χ4v) is 3.67. The molecule has 0 saturated carbocycles. The molecule has 0 saturated heterocycles. The van der Waals surface area contributed by atoms with E-state index in [0.29, 0.717) is 24.4 Å². The smallest absolute Gasteiger partial charge is 0.312 e. The average Bonchev–Trinajstić information content (AvgIpc) is 3.21. The van der Waals surface area contributed by atoms with E-state index in [2.05, 4.69) is 25.6 Å². The third-order valence-corrected chi connectivity index (χ3v) is 5.31. The number of aromatic amines is 1. The summed E-state index contributed by atoms with van der Waals surface area (Å²) in [6.45, 7) is 0.296. The monoisotopic (exact) mass is 461 g/mol. The van der Waals surface area contributed by atoms with Crippen molar-refractivity contribution >= 4 is 28.7 Å². The number of anilines is 1. The number of H-pyrrole nitrogens is 1. The molecule has 10 heteroatoms. The molecular weight excluding hydrogens is 437 g/mol. The maximum atomic E-state index is 13.5. The van der Waals surface area contributed by atoms with Gasteiger partial charge in [-0.2, -0.15) is 0 Å². The van der Waals surface area contributed by atoms with Gasteiger partial charge < -0.3 is 27.1 Å². The maximum Gasteiger partial charge on any atom is 0.312 e. The average molecular weight is 462 g/mol. The minimum absolute atomic E-state index is 0.181. The summed E-state index contributed by atoms with van der Waals surface area (Å²) in [7, 11) is 0. The number of nitrogens with one attached hydrogen (secondary N) is 3. The third kappa shape index (κ3) is 5.18. The van der Waals surface area contributed by atoms with Crippen LogP contribution in [-0.4, -0.2) is 39.5 Å². The maximum absolute atomic E-state index is 13.5. The molecule has 0 radical (unpaired) electrons. The first kappa shape index (κ1) is 22.9. The molecule has 0 spiro atoms. The van der Waals surface area contributed by atoms with Crippen LogP contribution < -0.4 is 22.1 Å². The predicted molar refractivity (Wildman–Crippen MR) is 128 cm³/mol. The summed E-state index contributed by atoms with van der Waals surface area (Å²) < 4.78 is 13.5. The summed E-state index contributed by atoms with van der Waals surface area (Å²) in [5.74, 6) is -0.111. The Bertz CT molecular complexity index is 1310. The predicted octanol–water partition coefficient (Wildman–Crippen LogP) is 3.15. The van der Waals surface area contributed by atoms with Crippen molar-refractivity contribution < 1.29 is 14.0 Å². The van der Waals surface area contributed by atoms with Crippen molar-refractivity contribution in [3.63, 3.8) is 0 Å². The van der Waals surface area contributed by atoms with Gasteiger partial charge in [-0.3, -0.25) is 9.78 Å². The van der Waals surface area contributed by atoms with Gasteiger partial charge in [0.15, 0.2) is 5.78 Å². The molecule has 4 rings (SSSR count). The second kappa shape index (κ2) is 10.1. The van der Waals surface area contributed by atoms with Crippen LogP contribution in [-0.2, 0) is 4.79 Å². The molecule has 3 aromatic heterocycles. The van der Waals surface area contributed by atoms with Crippen LogP contribution in [0.5, 0.6) is 0 Å². The lowest BCUT2D eigenvalue weighted by Crippen LogP contribution is -2.39. The minimum Gasteiger partial charge on any atom is -0.352 e. The van der Waals surface area contributed by atoms with Crippen molar-refractivity contribution in [2.24, 2.45) is 11.5 Å². The number of hydrogen-bond donors (Lipinski definition) is 5. The lowest BCUT2D eigenvalue weighted by Gasteiger charge is -2.13. The minimum atomic E-state index is -0.954. The first-order chi connectivity index (χ1) is 16.4. The molecule has 34 heavy (non-hydrogen) atoms. The molecule has 9 nitrogen and oxygen atoms in total. The number of carbonyl (C=O) groups is 2. The van der Waals surface area contributed by atoms with Crippen molar-refractivity contribution in [1.29, 1.82) is 0 Å². The molecule has 1 aromatic carbocycles. The number of nitrogens with zero attached hydrogens (tertiary/aromatic N) is 2. The SMILES string of the molecule is NC(=O)NCCCC(=O)C(N)Nc1ccc2c(-c3ccncc3)c(-c3ccc(F)cc3)[nH]c2n1.